The molecule has 0 unspecified atom stereocenters. The van der Waals surface area contributed by atoms with Crippen LogP contribution in [0.4, 0.5) is 4.79 Å². The molecular weight excluding hydrogens is 364 g/mol. The summed E-state index contributed by atoms with van der Waals surface area (Å²) in [5.74, 6) is 0.593. The maximum absolute atomic E-state index is 12.9. The summed E-state index contributed by atoms with van der Waals surface area (Å²) in [6, 6.07) is 10.6. The van der Waals surface area contributed by atoms with Crippen LogP contribution in [-0.4, -0.2) is 54.8 Å². The third kappa shape index (κ3) is 4.67. The van der Waals surface area contributed by atoms with Crippen molar-refractivity contribution < 1.29 is 14.3 Å². The monoisotopic (exact) mass is 398 g/mol. The van der Waals surface area contributed by atoms with Crippen LogP contribution in [0.15, 0.2) is 42.1 Å². The second-order valence-electron chi connectivity index (χ2n) is 8.78. The largest absolute Gasteiger partial charge is 0.436 e. The van der Waals surface area contributed by atoms with Gasteiger partial charge in [0.05, 0.1) is 12.3 Å². The van der Waals surface area contributed by atoms with Crippen LogP contribution in [0.3, 0.4) is 0 Å². The van der Waals surface area contributed by atoms with E-state index < -0.39 is 5.60 Å². The first-order valence-electron chi connectivity index (χ1n) is 11.2. The molecule has 2 saturated heterocycles. The second kappa shape index (κ2) is 9.31. The molecule has 1 aromatic rings. The van der Waals surface area contributed by atoms with Gasteiger partial charge in [-0.25, -0.2) is 4.79 Å². The molecule has 5 nitrogen and oxygen atoms in total. The lowest BCUT2D eigenvalue weighted by Gasteiger charge is -2.39. The Hall–Kier alpha value is -1.85. The van der Waals surface area contributed by atoms with E-state index in [1.54, 1.807) is 7.11 Å². The van der Waals surface area contributed by atoms with E-state index >= 15 is 0 Å². The minimum atomic E-state index is -0.475. The lowest BCUT2D eigenvalue weighted by Crippen LogP contribution is -2.45. The number of methoxy groups -OCH3 is 1. The number of ether oxygens (including phenoxy) is 2. The van der Waals surface area contributed by atoms with Gasteiger partial charge in [-0.05, 0) is 30.4 Å². The number of amides is 1. The lowest BCUT2D eigenvalue weighted by molar-refractivity contribution is 0.0120. The van der Waals surface area contributed by atoms with Gasteiger partial charge in [0.15, 0.2) is 5.60 Å². The highest BCUT2D eigenvalue weighted by Crippen LogP contribution is 2.42. The third-order valence-corrected chi connectivity index (χ3v) is 6.78. The van der Waals surface area contributed by atoms with Crippen LogP contribution in [0, 0.1) is 5.92 Å². The topological polar surface area (TPSA) is 42.0 Å². The zero-order valence-electron chi connectivity index (χ0n) is 17.6. The van der Waals surface area contributed by atoms with Crippen LogP contribution in [0.1, 0.15) is 50.5 Å². The molecule has 1 amide bonds. The molecule has 0 radical (unpaired) electrons. The number of carbonyl (C=O) groups is 1. The SMILES string of the molecule is COCC=C1N(CC2CCCCC2)C(=O)OC12CCN(Cc1ccccc1)CC2. The summed E-state index contributed by atoms with van der Waals surface area (Å²) in [4.78, 5) is 17.3. The number of rotatable bonds is 6. The zero-order valence-corrected chi connectivity index (χ0v) is 17.6. The van der Waals surface area contributed by atoms with E-state index in [9.17, 15) is 4.79 Å². The van der Waals surface area contributed by atoms with Gasteiger partial charge in [0, 0.05) is 46.1 Å². The average molecular weight is 399 g/mol. The van der Waals surface area contributed by atoms with Gasteiger partial charge in [0.25, 0.3) is 0 Å². The van der Waals surface area contributed by atoms with Gasteiger partial charge in [-0.3, -0.25) is 9.80 Å². The number of nitrogens with zero attached hydrogens (tertiary/aromatic N) is 2. The van der Waals surface area contributed by atoms with Crippen LogP contribution in [0.25, 0.3) is 0 Å². The Morgan fingerprint density at radius 1 is 1.14 bits per heavy atom. The first-order valence-corrected chi connectivity index (χ1v) is 11.2. The van der Waals surface area contributed by atoms with Crippen molar-refractivity contribution in [2.24, 2.45) is 5.92 Å². The Labute approximate surface area is 174 Å². The standard InChI is InChI=1S/C24H34N2O3/c1-28-17-12-22-24(29-23(27)26(22)19-21-10-6-3-7-11-21)13-15-25(16-14-24)18-20-8-4-2-5-9-20/h2,4-5,8-9,12,21H,3,6-7,10-11,13-19H2,1H3. The number of likely N-dealkylation sites (tertiary alicyclic amines) is 1. The molecule has 1 aliphatic carbocycles. The van der Waals surface area contributed by atoms with Gasteiger partial charge < -0.3 is 9.47 Å². The quantitative estimate of drug-likeness (QED) is 0.703. The second-order valence-corrected chi connectivity index (χ2v) is 8.78. The van der Waals surface area contributed by atoms with Crippen LogP contribution < -0.4 is 0 Å². The number of piperidine rings is 1. The van der Waals surface area contributed by atoms with E-state index in [4.69, 9.17) is 9.47 Å². The molecule has 3 aliphatic rings. The molecular formula is C24H34N2O3. The fourth-order valence-electron chi connectivity index (χ4n) is 5.15. The average Bonchev–Trinajstić information content (AvgIpc) is 3.00. The van der Waals surface area contributed by atoms with Crippen molar-refractivity contribution >= 4 is 6.09 Å². The number of carbonyl (C=O) groups excluding carboxylic acids is 1. The van der Waals surface area contributed by atoms with Gasteiger partial charge in [0.2, 0.25) is 0 Å². The van der Waals surface area contributed by atoms with Crippen molar-refractivity contribution in [1.82, 2.24) is 9.80 Å². The molecule has 3 fully saturated rings. The Morgan fingerprint density at radius 2 is 1.86 bits per heavy atom. The Balaban J connectivity index is 1.45. The lowest BCUT2D eigenvalue weighted by atomic mass is 9.85. The molecule has 1 spiro atoms. The van der Waals surface area contributed by atoms with E-state index in [0.717, 1.165) is 44.7 Å². The highest BCUT2D eigenvalue weighted by atomic mass is 16.6. The van der Waals surface area contributed by atoms with Gasteiger partial charge >= 0.3 is 6.09 Å². The number of hydrogen-bond acceptors (Lipinski definition) is 4. The fourth-order valence-corrected chi connectivity index (χ4v) is 5.15. The molecule has 0 aromatic heterocycles. The van der Waals surface area contributed by atoms with E-state index in [1.165, 1.54) is 37.7 Å². The maximum atomic E-state index is 12.9. The van der Waals surface area contributed by atoms with E-state index in [2.05, 4.69) is 41.3 Å². The molecule has 1 aromatic carbocycles. The van der Waals surface area contributed by atoms with Crippen molar-refractivity contribution in [3.63, 3.8) is 0 Å². The first-order chi connectivity index (χ1) is 14.2. The molecule has 29 heavy (non-hydrogen) atoms. The molecule has 4 rings (SSSR count). The Bertz CT molecular complexity index is 704. The summed E-state index contributed by atoms with van der Waals surface area (Å²) < 4.78 is 11.4. The third-order valence-electron chi connectivity index (χ3n) is 6.78. The van der Waals surface area contributed by atoms with E-state index in [1.807, 2.05) is 4.90 Å². The summed E-state index contributed by atoms with van der Waals surface area (Å²) in [5, 5.41) is 0. The summed E-state index contributed by atoms with van der Waals surface area (Å²) >= 11 is 0. The zero-order chi connectivity index (χ0) is 20.1. The Kier molecular flexibility index (Phi) is 6.56. The predicted molar refractivity (Wildman–Crippen MR) is 113 cm³/mol. The molecule has 2 heterocycles. The number of hydrogen-bond donors (Lipinski definition) is 0. The molecule has 0 bridgehead atoms. The van der Waals surface area contributed by atoms with Crippen LogP contribution >= 0.6 is 0 Å². The summed E-state index contributed by atoms with van der Waals surface area (Å²) in [6.45, 7) is 4.13. The molecule has 2 aliphatic heterocycles. The predicted octanol–water partition coefficient (Wildman–Crippen LogP) is 4.58. The maximum Gasteiger partial charge on any atom is 0.415 e. The van der Waals surface area contributed by atoms with Crippen molar-refractivity contribution in [1.29, 1.82) is 0 Å². The van der Waals surface area contributed by atoms with Gasteiger partial charge in [-0.15, -0.1) is 0 Å². The molecule has 0 N–H and O–H groups in total. The summed E-state index contributed by atoms with van der Waals surface area (Å²) in [6.07, 6.45) is 9.96. The summed E-state index contributed by atoms with van der Waals surface area (Å²) in [5.41, 5.74) is 1.91. The van der Waals surface area contributed by atoms with Gasteiger partial charge in [-0.1, -0.05) is 49.6 Å². The van der Waals surface area contributed by atoms with Crippen LogP contribution in [-0.2, 0) is 16.0 Å². The minimum Gasteiger partial charge on any atom is -0.436 e. The first kappa shape index (κ1) is 20.4. The molecule has 0 atom stereocenters. The van der Waals surface area contributed by atoms with E-state index in [0.29, 0.717) is 12.5 Å². The van der Waals surface area contributed by atoms with Crippen molar-refractivity contribution in [3.8, 4) is 0 Å². The minimum absolute atomic E-state index is 0.158. The molecule has 5 heteroatoms. The van der Waals surface area contributed by atoms with Crippen LogP contribution in [0.5, 0.6) is 0 Å². The highest BCUT2D eigenvalue weighted by molar-refractivity contribution is 5.75. The fraction of sp³-hybridized carbons (Fsp3) is 0.625. The number of benzene rings is 1. The Morgan fingerprint density at radius 3 is 2.55 bits per heavy atom. The highest BCUT2D eigenvalue weighted by Gasteiger charge is 2.51. The summed E-state index contributed by atoms with van der Waals surface area (Å²) in [7, 11) is 1.70. The normalized spacial score (nSPS) is 24.4. The van der Waals surface area contributed by atoms with Crippen molar-refractivity contribution in [2.45, 2.75) is 57.1 Å². The van der Waals surface area contributed by atoms with Crippen molar-refractivity contribution in [2.75, 3.05) is 33.4 Å². The van der Waals surface area contributed by atoms with Crippen molar-refractivity contribution in [3.05, 3.63) is 47.7 Å². The van der Waals surface area contributed by atoms with Gasteiger partial charge in [0.1, 0.15) is 0 Å². The van der Waals surface area contributed by atoms with Crippen LogP contribution in [0.2, 0.25) is 0 Å². The van der Waals surface area contributed by atoms with Gasteiger partial charge in [-0.2, -0.15) is 0 Å². The van der Waals surface area contributed by atoms with E-state index in [-0.39, 0.29) is 6.09 Å². The smallest absolute Gasteiger partial charge is 0.415 e. The molecule has 1 saturated carbocycles. The molecule has 158 valence electrons.